The standard InChI is InChI=1S/C14H15N3O2.C8H5NO2S/c15-6-8-1-2-9-3-4-17(7-10(9)5-8)12-11(16)13(18)14(12)19;10-8(11)5-1-2-6-7(3-5)12-4-9-6/h1-2,5H,3-4,6-7,15-16H2;1-4H,(H,10,11). The number of nitrogens with two attached hydrogens (primary N) is 2. The minimum Gasteiger partial charge on any atom is -0.478 e. The highest BCUT2D eigenvalue weighted by molar-refractivity contribution is 7.16. The zero-order chi connectivity index (χ0) is 22.1. The summed E-state index contributed by atoms with van der Waals surface area (Å²) in [6.45, 7) is 1.82. The number of carbonyl (C=O) groups is 1. The molecule has 2 heterocycles. The molecule has 0 radical (unpaired) electrons. The van der Waals surface area contributed by atoms with E-state index in [0.29, 0.717) is 30.9 Å². The lowest BCUT2D eigenvalue weighted by Gasteiger charge is -2.31. The highest BCUT2D eigenvalue weighted by Crippen LogP contribution is 2.26. The summed E-state index contributed by atoms with van der Waals surface area (Å²) in [6.07, 6.45) is 0.846. The first kappa shape index (κ1) is 20.7. The van der Waals surface area contributed by atoms with Crippen molar-refractivity contribution >= 4 is 38.9 Å². The summed E-state index contributed by atoms with van der Waals surface area (Å²) in [5, 5.41) is 8.67. The van der Waals surface area contributed by atoms with Crippen molar-refractivity contribution in [2.24, 2.45) is 5.73 Å². The summed E-state index contributed by atoms with van der Waals surface area (Å²) in [5.74, 6) is -0.898. The van der Waals surface area contributed by atoms with Gasteiger partial charge in [0.15, 0.2) is 0 Å². The first-order valence-corrected chi connectivity index (χ1v) is 10.5. The van der Waals surface area contributed by atoms with E-state index in [0.717, 1.165) is 27.8 Å². The van der Waals surface area contributed by atoms with E-state index in [2.05, 4.69) is 17.1 Å². The molecular formula is C22H20N4O4S. The fourth-order valence-corrected chi connectivity index (χ4v) is 4.34. The van der Waals surface area contributed by atoms with Crippen LogP contribution in [0.2, 0.25) is 0 Å². The van der Waals surface area contributed by atoms with Gasteiger partial charge in [0.05, 0.1) is 21.3 Å². The van der Waals surface area contributed by atoms with Gasteiger partial charge in [-0.2, -0.15) is 0 Å². The van der Waals surface area contributed by atoms with Crippen LogP contribution in [-0.4, -0.2) is 22.6 Å². The zero-order valence-electron chi connectivity index (χ0n) is 16.5. The summed E-state index contributed by atoms with van der Waals surface area (Å²) in [7, 11) is 0. The SMILES string of the molecule is NCc1ccc2c(c1)CN(c1c(N)c(=O)c1=O)CC2.O=C(O)c1ccc2ncsc2c1. The molecule has 0 aliphatic carbocycles. The van der Waals surface area contributed by atoms with Gasteiger partial charge in [0, 0.05) is 19.6 Å². The molecule has 0 fully saturated rings. The minimum atomic E-state index is -0.898. The smallest absolute Gasteiger partial charge is 0.335 e. The van der Waals surface area contributed by atoms with Crippen molar-refractivity contribution in [1.82, 2.24) is 4.98 Å². The molecule has 0 saturated carbocycles. The molecule has 0 saturated heterocycles. The lowest BCUT2D eigenvalue weighted by Crippen LogP contribution is -2.44. The van der Waals surface area contributed by atoms with E-state index in [-0.39, 0.29) is 5.69 Å². The fourth-order valence-electron chi connectivity index (χ4n) is 3.63. The quantitative estimate of drug-likeness (QED) is 0.414. The van der Waals surface area contributed by atoms with Crippen LogP contribution in [0.4, 0.5) is 11.4 Å². The van der Waals surface area contributed by atoms with Gasteiger partial charge in [-0.25, -0.2) is 9.78 Å². The first-order valence-electron chi connectivity index (χ1n) is 9.60. The Labute approximate surface area is 181 Å². The Morgan fingerprint density at radius 1 is 1.13 bits per heavy atom. The second-order valence-electron chi connectivity index (χ2n) is 7.24. The normalized spacial score (nSPS) is 13.0. The minimum absolute atomic E-state index is 0.100. The van der Waals surface area contributed by atoms with Gasteiger partial charge in [-0.3, -0.25) is 9.59 Å². The number of benzene rings is 2. The van der Waals surface area contributed by atoms with Gasteiger partial charge in [-0.15, -0.1) is 11.3 Å². The van der Waals surface area contributed by atoms with Crippen LogP contribution in [0, 0.1) is 0 Å². The maximum Gasteiger partial charge on any atom is 0.335 e. The number of aromatic carboxylic acids is 1. The number of carboxylic acid groups (broad SMARTS) is 1. The third-order valence-corrected chi connectivity index (χ3v) is 6.13. The number of carboxylic acids is 1. The summed E-state index contributed by atoms with van der Waals surface area (Å²) in [6, 6.07) is 11.1. The molecule has 8 nitrogen and oxygen atoms in total. The van der Waals surface area contributed by atoms with Crippen molar-refractivity contribution in [2.75, 3.05) is 17.2 Å². The van der Waals surface area contributed by atoms with E-state index in [1.807, 2.05) is 11.0 Å². The molecule has 5 rings (SSSR count). The molecule has 1 aliphatic heterocycles. The topological polar surface area (TPSA) is 140 Å². The molecule has 4 aromatic rings. The van der Waals surface area contributed by atoms with E-state index in [4.69, 9.17) is 16.6 Å². The van der Waals surface area contributed by atoms with E-state index in [1.54, 1.807) is 23.7 Å². The Balaban J connectivity index is 0.000000166. The number of fused-ring (bicyclic) bond motifs is 2. The monoisotopic (exact) mass is 436 g/mol. The number of hydrogen-bond donors (Lipinski definition) is 3. The molecule has 0 spiro atoms. The maximum atomic E-state index is 11.6. The maximum absolute atomic E-state index is 11.6. The second kappa shape index (κ2) is 8.29. The molecule has 158 valence electrons. The van der Waals surface area contributed by atoms with E-state index >= 15 is 0 Å². The van der Waals surface area contributed by atoms with E-state index in [1.165, 1.54) is 16.9 Å². The molecule has 31 heavy (non-hydrogen) atoms. The lowest BCUT2D eigenvalue weighted by molar-refractivity contribution is 0.0697. The van der Waals surface area contributed by atoms with Crippen molar-refractivity contribution < 1.29 is 9.90 Å². The van der Waals surface area contributed by atoms with E-state index < -0.39 is 16.8 Å². The van der Waals surface area contributed by atoms with Crippen molar-refractivity contribution in [3.8, 4) is 0 Å². The van der Waals surface area contributed by atoms with Gasteiger partial charge in [0.2, 0.25) is 0 Å². The summed E-state index contributed by atoms with van der Waals surface area (Å²) >= 11 is 1.44. The Bertz CT molecular complexity index is 1350. The van der Waals surface area contributed by atoms with Crippen molar-refractivity contribution in [3.05, 3.63) is 84.6 Å². The van der Waals surface area contributed by atoms with Gasteiger partial charge in [-0.05, 0) is 41.3 Å². The van der Waals surface area contributed by atoms with Crippen LogP contribution < -0.4 is 27.2 Å². The molecule has 1 aromatic heterocycles. The van der Waals surface area contributed by atoms with Crippen LogP contribution in [-0.2, 0) is 19.5 Å². The van der Waals surface area contributed by atoms with Gasteiger partial charge in [0.1, 0.15) is 11.4 Å². The summed E-state index contributed by atoms with van der Waals surface area (Å²) < 4.78 is 0.912. The number of thiazole rings is 1. The predicted octanol–water partition coefficient (Wildman–Crippen LogP) is 1.88. The zero-order valence-corrected chi connectivity index (χ0v) is 17.3. The summed E-state index contributed by atoms with van der Waals surface area (Å²) in [5.41, 5.74) is 17.1. The van der Waals surface area contributed by atoms with Gasteiger partial charge in [0.25, 0.3) is 10.9 Å². The molecule has 3 aromatic carbocycles. The van der Waals surface area contributed by atoms with Gasteiger partial charge < -0.3 is 21.5 Å². The van der Waals surface area contributed by atoms with Crippen LogP contribution in [0.1, 0.15) is 27.0 Å². The van der Waals surface area contributed by atoms with Crippen LogP contribution in [0.5, 0.6) is 0 Å². The molecule has 0 atom stereocenters. The van der Waals surface area contributed by atoms with Crippen LogP contribution in [0.15, 0.2) is 51.5 Å². The van der Waals surface area contributed by atoms with E-state index in [9.17, 15) is 14.4 Å². The third kappa shape index (κ3) is 3.92. The molecule has 9 heteroatoms. The molecular weight excluding hydrogens is 416 g/mol. The number of anilines is 2. The van der Waals surface area contributed by atoms with Crippen LogP contribution in [0.3, 0.4) is 0 Å². The molecule has 0 bridgehead atoms. The summed E-state index contributed by atoms with van der Waals surface area (Å²) in [4.78, 5) is 39.2. The average Bonchev–Trinajstić information content (AvgIpc) is 3.26. The van der Waals surface area contributed by atoms with Gasteiger partial charge >= 0.3 is 5.97 Å². The highest BCUT2D eigenvalue weighted by Gasteiger charge is 2.26. The number of nitrogen functional groups attached to an aromatic ring is 1. The Kier molecular flexibility index (Phi) is 5.53. The molecule has 1 aliphatic rings. The predicted molar refractivity (Wildman–Crippen MR) is 121 cm³/mol. The Morgan fingerprint density at radius 2 is 1.94 bits per heavy atom. The number of nitrogens with zero attached hydrogens (tertiary/aromatic N) is 2. The van der Waals surface area contributed by atoms with Gasteiger partial charge in [-0.1, -0.05) is 18.2 Å². The number of hydrogen-bond acceptors (Lipinski definition) is 8. The number of aromatic nitrogens is 1. The largest absolute Gasteiger partial charge is 0.478 e. The van der Waals surface area contributed by atoms with Crippen LogP contribution in [0.25, 0.3) is 10.2 Å². The lowest BCUT2D eigenvalue weighted by atomic mass is 9.96. The van der Waals surface area contributed by atoms with Crippen LogP contribution >= 0.6 is 11.3 Å². The molecule has 0 amide bonds. The average molecular weight is 436 g/mol. The van der Waals surface area contributed by atoms with Crippen molar-refractivity contribution in [2.45, 2.75) is 19.5 Å². The second-order valence-corrected chi connectivity index (χ2v) is 8.13. The molecule has 5 N–H and O–H groups in total. The first-order chi connectivity index (χ1) is 14.9. The third-order valence-electron chi connectivity index (χ3n) is 5.33. The Hall–Kier alpha value is -3.56. The fraction of sp³-hybridized carbons (Fsp3) is 0.182. The Morgan fingerprint density at radius 3 is 2.65 bits per heavy atom. The van der Waals surface area contributed by atoms with Crippen molar-refractivity contribution in [1.29, 1.82) is 0 Å². The number of rotatable bonds is 3. The highest BCUT2D eigenvalue weighted by atomic mass is 32.1. The molecule has 0 unspecified atom stereocenters. The van der Waals surface area contributed by atoms with Crippen molar-refractivity contribution in [3.63, 3.8) is 0 Å².